The summed E-state index contributed by atoms with van der Waals surface area (Å²) in [6, 6.07) is -0.303. The lowest BCUT2D eigenvalue weighted by Gasteiger charge is -2.15. The average molecular weight is 301 g/mol. The van der Waals surface area contributed by atoms with Crippen LogP contribution in [0.3, 0.4) is 0 Å². The highest BCUT2D eigenvalue weighted by Gasteiger charge is 2.20. The van der Waals surface area contributed by atoms with Crippen molar-refractivity contribution in [2.24, 2.45) is 0 Å². The van der Waals surface area contributed by atoms with Crippen LogP contribution in [0.5, 0.6) is 0 Å². The Morgan fingerprint density at radius 1 is 1.58 bits per heavy atom. The predicted octanol–water partition coefficient (Wildman–Crippen LogP) is 1.71. The molecule has 1 saturated heterocycles. The predicted molar refractivity (Wildman–Crippen MR) is 74.9 cm³/mol. The number of carboxylic acids is 1. The van der Waals surface area contributed by atoms with Gasteiger partial charge in [-0.2, -0.15) is 11.8 Å². The highest BCUT2D eigenvalue weighted by atomic mass is 32.2. The molecule has 0 spiro atoms. The Kier molecular flexibility index (Phi) is 4.65. The molecule has 3 N–H and O–H groups in total. The summed E-state index contributed by atoms with van der Waals surface area (Å²) in [6.45, 7) is 1.79. The monoisotopic (exact) mass is 301 g/mol. The smallest absolute Gasteiger partial charge is 0.355 e. The zero-order valence-electron chi connectivity index (χ0n) is 10.4. The number of amides is 2. The molecule has 8 heteroatoms. The molecule has 2 amide bonds. The van der Waals surface area contributed by atoms with Gasteiger partial charge in [0.25, 0.3) is 0 Å². The van der Waals surface area contributed by atoms with Gasteiger partial charge in [0.05, 0.1) is 6.04 Å². The van der Waals surface area contributed by atoms with E-state index in [0.717, 1.165) is 17.9 Å². The number of carboxylic acid groups (broad SMARTS) is 1. The lowest BCUT2D eigenvalue weighted by Crippen LogP contribution is -2.42. The first-order valence-electron chi connectivity index (χ1n) is 5.89. The molecule has 2 atom stereocenters. The van der Waals surface area contributed by atoms with Gasteiger partial charge in [0.15, 0.2) is 5.69 Å². The van der Waals surface area contributed by atoms with Gasteiger partial charge in [0.1, 0.15) is 5.01 Å². The normalized spacial score (nSPS) is 19.9. The maximum atomic E-state index is 11.8. The van der Waals surface area contributed by atoms with Crippen LogP contribution in [-0.4, -0.2) is 39.6 Å². The number of hydrogen-bond donors (Lipinski definition) is 3. The standard InChI is InChI=1S/C11H15N3O3S2/c1-6(9-14-8(5-19-9)10(15)16)12-11(17)13-7-2-3-18-4-7/h5-7H,2-4H2,1H3,(H,15,16)(H2,12,13,17). The summed E-state index contributed by atoms with van der Waals surface area (Å²) in [4.78, 5) is 26.5. The lowest BCUT2D eigenvalue weighted by atomic mass is 10.3. The number of aromatic nitrogens is 1. The minimum atomic E-state index is -1.05. The van der Waals surface area contributed by atoms with Crippen molar-refractivity contribution in [3.8, 4) is 0 Å². The highest BCUT2D eigenvalue weighted by molar-refractivity contribution is 7.99. The van der Waals surface area contributed by atoms with Gasteiger partial charge in [-0.15, -0.1) is 11.3 Å². The third-order valence-electron chi connectivity index (χ3n) is 2.72. The minimum absolute atomic E-state index is 0.0150. The molecule has 19 heavy (non-hydrogen) atoms. The van der Waals surface area contributed by atoms with E-state index in [4.69, 9.17) is 5.11 Å². The van der Waals surface area contributed by atoms with E-state index in [0.29, 0.717) is 5.01 Å². The summed E-state index contributed by atoms with van der Waals surface area (Å²) in [7, 11) is 0. The quantitative estimate of drug-likeness (QED) is 0.787. The molecule has 1 aromatic heterocycles. The van der Waals surface area contributed by atoms with Gasteiger partial charge in [-0.3, -0.25) is 0 Å². The molecule has 2 unspecified atom stereocenters. The van der Waals surface area contributed by atoms with Crippen LogP contribution in [0.15, 0.2) is 5.38 Å². The van der Waals surface area contributed by atoms with E-state index in [9.17, 15) is 9.59 Å². The topological polar surface area (TPSA) is 91.3 Å². The fourth-order valence-electron chi connectivity index (χ4n) is 1.72. The maximum absolute atomic E-state index is 11.8. The number of nitrogens with one attached hydrogen (secondary N) is 2. The molecule has 0 radical (unpaired) electrons. The Balaban J connectivity index is 1.86. The summed E-state index contributed by atoms with van der Waals surface area (Å²) >= 11 is 3.06. The lowest BCUT2D eigenvalue weighted by molar-refractivity contribution is 0.0691. The van der Waals surface area contributed by atoms with Gasteiger partial charge in [0.2, 0.25) is 0 Å². The molecular weight excluding hydrogens is 286 g/mol. The van der Waals surface area contributed by atoms with E-state index in [2.05, 4.69) is 15.6 Å². The van der Waals surface area contributed by atoms with E-state index >= 15 is 0 Å². The van der Waals surface area contributed by atoms with Crippen molar-refractivity contribution in [3.63, 3.8) is 0 Å². The number of hydrogen-bond acceptors (Lipinski definition) is 5. The molecular formula is C11H15N3O3S2. The first-order chi connectivity index (χ1) is 9.06. The first kappa shape index (κ1) is 14.1. The Bertz CT molecular complexity index is 472. The third kappa shape index (κ3) is 3.84. The minimum Gasteiger partial charge on any atom is -0.476 e. The summed E-state index contributed by atoms with van der Waals surface area (Å²) in [5.74, 6) is 0.971. The van der Waals surface area contributed by atoms with Crippen molar-refractivity contribution in [1.82, 2.24) is 15.6 Å². The van der Waals surface area contributed by atoms with Crippen LogP contribution in [0, 0.1) is 0 Å². The van der Waals surface area contributed by atoms with E-state index in [1.807, 2.05) is 11.8 Å². The summed E-state index contributed by atoms with van der Waals surface area (Å²) in [6.07, 6.45) is 0.993. The molecule has 0 aliphatic carbocycles. The summed E-state index contributed by atoms with van der Waals surface area (Å²) < 4.78 is 0. The molecule has 0 aromatic carbocycles. The van der Waals surface area contributed by atoms with Crippen LogP contribution in [0.1, 0.15) is 34.9 Å². The number of thioether (sulfide) groups is 1. The third-order valence-corrected chi connectivity index (χ3v) is 4.91. The molecule has 1 aromatic rings. The number of aromatic carboxylic acids is 1. The van der Waals surface area contributed by atoms with Gasteiger partial charge in [-0.1, -0.05) is 0 Å². The first-order valence-corrected chi connectivity index (χ1v) is 7.93. The van der Waals surface area contributed by atoms with Crippen LogP contribution in [0.25, 0.3) is 0 Å². The number of nitrogens with zero attached hydrogens (tertiary/aromatic N) is 1. The highest BCUT2D eigenvalue weighted by Crippen LogP contribution is 2.19. The van der Waals surface area contributed by atoms with Crippen molar-refractivity contribution in [3.05, 3.63) is 16.1 Å². The van der Waals surface area contributed by atoms with E-state index in [1.165, 1.54) is 16.7 Å². The second-order valence-corrected chi connectivity index (χ2v) is 6.32. The molecule has 0 bridgehead atoms. The van der Waals surface area contributed by atoms with Crippen molar-refractivity contribution in [1.29, 1.82) is 0 Å². The summed E-state index contributed by atoms with van der Waals surface area (Å²) in [5.41, 5.74) is 0.0150. The fraction of sp³-hybridized carbons (Fsp3) is 0.545. The van der Waals surface area contributed by atoms with Crippen molar-refractivity contribution >= 4 is 35.1 Å². The molecule has 2 rings (SSSR count). The zero-order valence-corrected chi connectivity index (χ0v) is 12.0. The largest absolute Gasteiger partial charge is 0.476 e. The van der Waals surface area contributed by atoms with E-state index in [1.54, 1.807) is 6.92 Å². The Morgan fingerprint density at radius 3 is 2.95 bits per heavy atom. The average Bonchev–Trinajstić information content (AvgIpc) is 2.98. The van der Waals surface area contributed by atoms with Crippen molar-refractivity contribution < 1.29 is 14.7 Å². The SMILES string of the molecule is CC(NC(=O)NC1CCSC1)c1nc(C(=O)O)cs1. The molecule has 1 aliphatic rings. The number of thiazole rings is 1. The molecule has 1 aliphatic heterocycles. The van der Waals surface area contributed by atoms with Gasteiger partial charge >= 0.3 is 12.0 Å². The Hall–Kier alpha value is -1.28. The van der Waals surface area contributed by atoms with Gasteiger partial charge in [0, 0.05) is 17.2 Å². The number of urea groups is 1. The molecule has 6 nitrogen and oxygen atoms in total. The molecule has 1 fully saturated rings. The summed E-state index contributed by atoms with van der Waals surface area (Å²) in [5, 5.41) is 16.5. The second kappa shape index (κ2) is 6.25. The number of carbonyl (C=O) groups excluding carboxylic acids is 1. The number of rotatable bonds is 4. The van der Waals surface area contributed by atoms with E-state index in [-0.39, 0.29) is 23.8 Å². The Morgan fingerprint density at radius 2 is 2.37 bits per heavy atom. The van der Waals surface area contributed by atoms with Crippen molar-refractivity contribution in [2.75, 3.05) is 11.5 Å². The van der Waals surface area contributed by atoms with Gasteiger partial charge < -0.3 is 15.7 Å². The van der Waals surface area contributed by atoms with Crippen LogP contribution < -0.4 is 10.6 Å². The molecule has 104 valence electrons. The van der Waals surface area contributed by atoms with Crippen molar-refractivity contribution in [2.45, 2.75) is 25.4 Å². The van der Waals surface area contributed by atoms with Crippen LogP contribution >= 0.6 is 23.1 Å². The zero-order chi connectivity index (χ0) is 13.8. The molecule has 0 saturated carbocycles. The van der Waals surface area contributed by atoms with E-state index < -0.39 is 5.97 Å². The van der Waals surface area contributed by atoms with Gasteiger partial charge in [-0.05, 0) is 19.1 Å². The maximum Gasteiger partial charge on any atom is 0.355 e. The van der Waals surface area contributed by atoms with Crippen LogP contribution in [-0.2, 0) is 0 Å². The fourth-order valence-corrected chi connectivity index (χ4v) is 3.67. The van der Waals surface area contributed by atoms with Crippen LogP contribution in [0.4, 0.5) is 4.79 Å². The molecule has 2 heterocycles. The Labute approximate surface area is 119 Å². The number of carbonyl (C=O) groups is 2. The van der Waals surface area contributed by atoms with Crippen LogP contribution in [0.2, 0.25) is 0 Å². The van der Waals surface area contributed by atoms with Gasteiger partial charge in [-0.25, -0.2) is 14.6 Å². The second-order valence-electron chi connectivity index (χ2n) is 4.28.